The molecule has 2 amide bonds. The lowest BCUT2D eigenvalue weighted by atomic mass is 10.1. The Morgan fingerprint density at radius 1 is 1.02 bits per heavy atom. The Morgan fingerprint density at radius 2 is 1.80 bits per heavy atom. The van der Waals surface area contributed by atoms with Crippen molar-refractivity contribution in [2.45, 2.75) is 39.7 Å². The van der Waals surface area contributed by atoms with Crippen molar-refractivity contribution in [3.8, 4) is 16.9 Å². The highest BCUT2D eigenvalue weighted by molar-refractivity contribution is 6.30. The van der Waals surface area contributed by atoms with Crippen molar-refractivity contribution >= 4 is 29.4 Å². The summed E-state index contributed by atoms with van der Waals surface area (Å²) in [6.07, 6.45) is 3.62. The van der Waals surface area contributed by atoms with Crippen molar-refractivity contribution in [1.82, 2.24) is 14.5 Å². The van der Waals surface area contributed by atoms with Crippen LogP contribution in [0.3, 0.4) is 0 Å². The van der Waals surface area contributed by atoms with E-state index in [0.717, 1.165) is 35.2 Å². The van der Waals surface area contributed by atoms with Crippen LogP contribution < -0.4 is 5.32 Å². The van der Waals surface area contributed by atoms with E-state index < -0.39 is 0 Å². The monoisotopic (exact) mass is 556 g/mol. The van der Waals surface area contributed by atoms with Gasteiger partial charge in [0.1, 0.15) is 6.54 Å². The fraction of sp³-hybridized carbons (Fsp3) is 0.281. The van der Waals surface area contributed by atoms with E-state index in [9.17, 15) is 9.59 Å². The van der Waals surface area contributed by atoms with E-state index in [4.69, 9.17) is 21.3 Å². The molecule has 0 spiro atoms. The zero-order chi connectivity index (χ0) is 28.2. The number of aryl methyl sites for hydroxylation is 3. The van der Waals surface area contributed by atoms with Gasteiger partial charge in [-0.2, -0.15) is 0 Å². The largest absolute Gasteiger partial charge is 0.376 e. The van der Waals surface area contributed by atoms with Crippen molar-refractivity contribution < 1.29 is 14.3 Å². The Hall–Kier alpha value is -3.94. The van der Waals surface area contributed by atoms with Crippen LogP contribution in [0, 0.1) is 20.8 Å². The molecular weight excluding hydrogens is 524 g/mol. The molecule has 1 aliphatic rings. The van der Waals surface area contributed by atoms with E-state index in [1.54, 1.807) is 11.0 Å². The van der Waals surface area contributed by atoms with Crippen LogP contribution in [0.1, 0.15) is 39.9 Å². The number of anilines is 1. The summed E-state index contributed by atoms with van der Waals surface area (Å²) in [7, 11) is 0. The van der Waals surface area contributed by atoms with Crippen LogP contribution in [0.25, 0.3) is 16.9 Å². The Labute approximate surface area is 239 Å². The first-order valence-electron chi connectivity index (χ1n) is 13.5. The SMILES string of the molecule is Cc1ccc(-n2cc(-c3ccc(Cl)cc3)nc2NC(=O)CN(C[C@H]2CCCO2)C(=O)c2ccccc2C)cc1C. The first kappa shape index (κ1) is 27.6. The predicted octanol–water partition coefficient (Wildman–Crippen LogP) is 6.38. The molecule has 0 saturated carbocycles. The van der Waals surface area contributed by atoms with E-state index in [2.05, 4.69) is 18.3 Å². The number of rotatable bonds is 8. The number of hydrogen-bond donors (Lipinski definition) is 1. The second-order valence-corrected chi connectivity index (χ2v) is 10.7. The molecule has 4 aromatic rings. The average Bonchev–Trinajstić information content (AvgIpc) is 3.60. The van der Waals surface area contributed by atoms with Crippen LogP contribution in [-0.4, -0.2) is 52.1 Å². The summed E-state index contributed by atoms with van der Waals surface area (Å²) < 4.78 is 7.67. The van der Waals surface area contributed by atoms with Crippen molar-refractivity contribution in [2.75, 3.05) is 25.0 Å². The number of aromatic nitrogens is 2. The second kappa shape index (κ2) is 12.1. The lowest BCUT2D eigenvalue weighted by Crippen LogP contribution is -2.42. The summed E-state index contributed by atoms with van der Waals surface area (Å²) in [5.74, 6) is -0.153. The molecular formula is C32H33ClN4O3. The van der Waals surface area contributed by atoms with Gasteiger partial charge in [0, 0.05) is 41.2 Å². The molecule has 1 saturated heterocycles. The fourth-order valence-corrected chi connectivity index (χ4v) is 5.00. The second-order valence-electron chi connectivity index (χ2n) is 10.3. The molecule has 8 heteroatoms. The molecule has 0 aliphatic carbocycles. The molecule has 1 fully saturated rings. The van der Waals surface area contributed by atoms with Gasteiger partial charge in [0.15, 0.2) is 0 Å². The number of halogens is 1. The summed E-state index contributed by atoms with van der Waals surface area (Å²) in [5, 5.41) is 3.61. The lowest BCUT2D eigenvalue weighted by Gasteiger charge is -2.25. The molecule has 0 bridgehead atoms. The number of nitrogens with one attached hydrogen (secondary N) is 1. The quantitative estimate of drug-likeness (QED) is 0.273. The van der Waals surface area contributed by atoms with Crippen molar-refractivity contribution in [2.24, 2.45) is 0 Å². The number of amides is 2. The van der Waals surface area contributed by atoms with Crippen LogP contribution in [0.2, 0.25) is 5.02 Å². The number of ether oxygens (including phenoxy) is 1. The maximum Gasteiger partial charge on any atom is 0.254 e. The van der Waals surface area contributed by atoms with E-state index >= 15 is 0 Å². The summed E-state index contributed by atoms with van der Waals surface area (Å²) in [4.78, 5) is 33.4. The van der Waals surface area contributed by atoms with Gasteiger partial charge in [-0.1, -0.05) is 48.0 Å². The Bertz CT molecular complexity index is 1520. The van der Waals surface area contributed by atoms with Gasteiger partial charge in [-0.3, -0.25) is 19.5 Å². The molecule has 5 rings (SSSR count). The topological polar surface area (TPSA) is 76.5 Å². The summed E-state index contributed by atoms with van der Waals surface area (Å²) in [6.45, 7) is 6.91. The van der Waals surface area contributed by atoms with Crippen LogP contribution in [-0.2, 0) is 9.53 Å². The third kappa shape index (κ3) is 6.27. The van der Waals surface area contributed by atoms with Crippen LogP contribution in [0.5, 0.6) is 0 Å². The summed E-state index contributed by atoms with van der Waals surface area (Å²) >= 11 is 6.10. The molecule has 1 atom stereocenters. The van der Waals surface area contributed by atoms with Gasteiger partial charge >= 0.3 is 0 Å². The normalized spacial score (nSPS) is 14.8. The highest BCUT2D eigenvalue weighted by atomic mass is 35.5. The van der Waals surface area contributed by atoms with Gasteiger partial charge in [-0.25, -0.2) is 4.98 Å². The van der Waals surface area contributed by atoms with Gasteiger partial charge < -0.3 is 9.64 Å². The number of carbonyl (C=O) groups is 2. The van der Waals surface area contributed by atoms with Crippen molar-refractivity contribution in [1.29, 1.82) is 0 Å². The van der Waals surface area contributed by atoms with Gasteiger partial charge in [0.2, 0.25) is 11.9 Å². The average molecular weight is 557 g/mol. The Kier molecular flexibility index (Phi) is 8.33. The standard InChI is InChI=1S/C32H33ClN4O3/c1-21-10-15-26(17-23(21)3)37-19-29(24-11-13-25(33)14-12-24)34-32(37)35-30(38)20-36(18-27-8-6-16-40-27)31(39)28-9-5-4-7-22(28)2/h4-5,7,9-15,17,19,27H,6,8,16,18,20H2,1-3H3,(H,34,35,38)/t27-/m1/s1. The third-order valence-electron chi connectivity index (χ3n) is 7.31. The fourth-order valence-electron chi connectivity index (χ4n) is 4.87. The smallest absolute Gasteiger partial charge is 0.254 e. The van der Waals surface area contributed by atoms with Crippen molar-refractivity contribution in [3.05, 3.63) is 100 Å². The third-order valence-corrected chi connectivity index (χ3v) is 7.56. The van der Waals surface area contributed by atoms with E-state index in [1.807, 2.05) is 79.2 Å². The minimum Gasteiger partial charge on any atom is -0.376 e. The lowest BCUT2D eigenvalue weighted by molar-refractivity contribution is -0.117. The van der Waals surface area contributed by atoms with Crippen LogP contribution >= 0.6 is 11.6 Å². The Morgan fingerprint density at radius 3 is 2.50 bits per heavy atom. The summed E-state index contributed by atoms with van der Waals surface area (Å²) in [6, 6.07) is 20.9. The summed E-state index contributed by atoms with van der Waals surface area (Å²) in [5.41, 5.74) is 6.18. The minimum absolute atomic E-state index is 0.0882. The number of nitrogens with zero attached hydrogens (tertiary/aromatic N) is 3. The molecule has 2 heterocycles. The molecule has 7 nitrogen and oxygen atoms in total. The van der Waals surface area contributed by atoms with Crippen LogP contribution in [0.4, 0.5) is 5.95 Å². The molecule has 40 heavy (non-hydrogen) atoms. The Balaban J connectivity index is 1.44. The first-order valence-corrected chi connectivity index (χ1v) is 13.9. The number of hydrogen-bond acceptors (Lipinski definition) is 4. The molecule has 0 unspecified atom stereocenters. The first-order chi connectivity index (χ1) is 19.3. The maximum atomic E-state index is 13.6. The zero-order valence-corrected chi connectivity index (χ0v) is 23.7. The highest BCUT2D eigenvalue weighted by Crippen LogP contribution is 2.27. The zero-order valence-electron chi connectivity index (χ0n) is 23.0. The number of carbonyl (C=O) groups excluding carboxylic acids is 2. The van der Waals surface area contributed by atoms with E-state index in [-0.39, 0.29) is 24.5 Å². The molecule has 1 aliphatic heterocycles. The van der Waals surface area contributed by atoms with Crippen molar-refractivity contribution in [3.63, 3.8) is 0 Å². The molecule has 3 aromatic carbocycles. The van der Waals surface area contributed by atoms with Gasteiger partial charge in [-0.05, 0) is 80.6 Å². The predicted molar refractivity (Wildman–Crippen MR) is 158 cm³/mol. The molecule has 1 N–H and O–H groups in total. The molecule has 0 radical (unpaired) electrons. The number of benzene rings is 3. The van der Waals surface area contributed by atoms with Gasteiger partial charge in [0.05, 0.1) is 11.8 Å². The highest BCUT2D eigenvalue weighted by Gasteiger charge is 2.26. The van der Waals surface area contributed by atoms with Crippen LogP contribution in [0.15, 0.2) is 72.9 Å². The van der Waals surface area contributed by atoms with E-state index in [0.29, 0.717) is 35.4 Å². The maximum absolute atomic E-state index is 13.6. The number of imidazole rings is 1. The molecule has 1 aromatic heterocycles. The molecule has 206 valence electrons. The van der Waals surface area contributed by atoms with Gasteiger partial charge in [0.25, 0.3) is 5.91 Å². The van der Waals surface area contributed by atoms with Gasteiger partial charge in [-0.15, -0.1) is 0 Å². The minimum atomic E-state index is -0.335. The van der Waals surface area contributed by atoms with E-state index in [1.165, 1.54) is 5.56 Å².